The zero-order valence-electron chi connectivity index (χ0n) is 12.9. The number of rotatable bonds is 2. The zero-order valence-corrected chi connectivity index (χ0v) is 14.4. The molecule has 3 nitrogen and oxygen atoms in total. The highest BCUT2D eigenvalue weighted by Gasteiger charge is 2.31. The molecule has 0 saturated heterocycles. The van der Waals surface area contributed by atoms with Gasteiger partial charge < -0.3 is 9.84 Å². The first kappa shape index (κ1) is 16.0. The van der Waals surface area contributed by atoms with Crippen molar-refractivity contribution in [3.8, 4) is 28.0 Å². The predicted molar refractivity (Wildman–Crippen MR) is 98.6 cm³/mol. The van der Waals surface area contributed by atoms with Gasteiger partial charge in [-0.25, -0.2) is 4.79 Å². The fourth-order valence-corrected chi connectivity index (χ4v) is 3.70. The average Bonchev–Trinajstić information content (AvgIpc) is 2.64. The summed E-state index contributed by atoms with van der Waals surface area (Å²) in [5.74, 6) is -0.703. The van der Waals surface area contributed by atoms with Gasteiger partial charge in [0, 0.05) is 11.1 Å². The van der Waals surface area contributed by atoms with Crippen LogP contribution in [0.4, 0.5) is 0 Å². The smallest absolute Gasteiger partial charge is 0.337 e. The number of ether oxygens (including phenoxy) is 1. The summed E-state index contributed by atoms with van der Waals surface area (Å²) in [6.45, 7) is 0.361. The summed E-state index contributed by atoms with van der Waals surface area (Å²) >= 11 is 12.7. The van der Waals surface area contributed by atoms with E-state index in [1.54, 1.807) is 0 Å². The van der Waals surface area contributed by atoms with Gasteiger partial charge in [0.05, 0.1) is 10.6 Å². The summed E-state index contributed by atoms with van der Waals surface area (Å²) in [6, 6.07) is 17.0. The van der Waals surface area contributed by atoms with E-state index >= 15 is 0 Å². The van der Waals surface area contributed by atoms with Gasteiger partial charge in [0.25, 0.3) is 0 Å². The highest BCUT2D eigenvalue weighted by molar-refractivity contribution is 6.46. The monoisotopic (exact) mass is 370 g/mol. The molecule has 1 heterocycles. The highest BCUT2D eigenvalue weighted by atomic mass is 35.5. The van der Waals surface area contributed by atoms with Crippen LogP contribution in [0.3, 0.4) is 0 Å². The summed E-state index contributed by atoms with van der Waals surface area (Å²) < 4.78 is 5.85. The van der Waals surface area contributed by atoms with Gasteiger partial charge in [0.1, 0.15) is 17.4 Å². The lowest BCUT2D eigenvalue weighted by Gasteiger charge is -2.26. The predicted octanol–water partition coefficient (Wildman–Crippen LogP) is 5.92. The number of fused-ring (bicyclic) bond motifs is 3. The Morgan fingerprint density at radius 2 is 1.60 bits per heavy atom. The largest absolute Gasteiger partial charge is 0.487 e. The molecule has 0 unspecified atom stereocenters. The number of benzene rings is 3. The van der Waals surface area contributed by atoms with E-state index in [1.165, 1.54) is 0 Å². The van der Waals surface area contributed by atoms with Crippen LogP contribution in [0.15, 0.2) is 54.6 Å². The van der Waals surface area contributed by atoms with E-state index in [4.69, 9.17) is 27.9 Å². The van der Waals surface area contributed by atoms with E-state index < -0.39 is 5.97 Å². The van der Waals surface area contributed by atoms with E-state index in [-0.39, 0.29) is 15.6 Å². The lowest BCUT2D eigenvalue weighted by atomic mass is 9.86. The second kappa shape index (κ2) is 6.10. The maximum absolute atomic E-state index is 12.0. The molecule has 4 rings (SSSR count). The van der Waals surface area contributed by atoms with Gasteiger partial charge in [-0.2, -0.15) is 0 Å². The third-order valence-electron chi connectivity index (χ3n) is 4.27. The Labute approximate surface area is 154 Å². The molecule has 0 radical (unpaired) electrons. The van der Waals surface area contributed by atoms with Crippen molar-refractivity contribution in [3.63, 3.8) is 0 Å². The summed E-state index contributed by atoms with van der Waals surface area (Å²) in [5, 5.41) is 9.92. The van der Waals surface area contributed by atoms with Crippen LogP contribution in [0.25, 0.3) is 22.3 Å². The fourth-order valence-electron chi connectivity index (χ4n) is 3.19. The van der Waals surface area contributed by atoms with Gasteiger partial charge in [-0.1, -0.05) is 77.8 Å². The number of carboxylic acids is 1. The molecule has 124 valence electrons. The molecular formula is C20H12Cl2O3. The maximum atomic E-state index is 12.0. The van der Waals surface area contributed by atoms with Crippen molar-refractivity contribution < 1.29 is 14.6 Å². The Morgan fingerprint density at radius 1 is 0.920 bits per heavy atom. The van der Waals surface area contributed by atoms with E-state index in [0.717, 1.165) is 16.7 Å². The van der Waals surface area contributed by atoms with Crippen LogP contribution in [-0.2, 0) is 6.61 Å². The third-order valence-corrected chi connectivity index (χ3v) is 5.11. The third kappa shape index (κ3) is 2.48. The van der Waals surface area contributed by atoms with Crippen molar-refractivity contribution in [2.24, 2.45) is 0 Å². The molecule has 0 fully saturated rings. The minimum Gasteiger partial charge on any atom is -0.487 e. The first-order valence-electron chi connectivity index (χ1n) is 7.64. The summed E-state index contributed by atoms with van der Waals surface area (Å²) in [4.78, 5) is 12.0. The Balaban J connectivity index is 2.19. The number of hydrogen-bond acceptors (Lipinski definition) is 2. The van der Waals surface area contributed by atoms with Crippen LogP contribution in [0, 0.1) is 0 Å². The summed E-state index contributed by atoms with van der Waals surface area (Å²) in [6.07, 6.45) is 0. The number of halogens is 2. The molecule has 0 atom stereocenters. The quantitative estimate of drug-likeness (QED) is 0.608. The van der Waals surface area contributed by atoms with Gasteiger partial charge >= 0.3 is 5.97 Å². The van der Waals surface area contributed by atoms with Crippen molar-refractivity contribution in [1.82, 2.24) is 0 Å². The Hall–Kier alpha value is -2.49. The maximum Gasteiger partial charge on any atom is 0.337 e. The standard InChI is InChI=1S/C20H12Cl2O3/c21-17-16(20(23)24)14(11-6-2-1-3-7-11)15-13-9-5-4-8-12(13)10-25-19(15)18(17)22/h1-9H,10H2,(H,23,24). The molecule has 0 amide bonds. The van der Waals surface area contributed by atoms with Gasteiger partial charge in [-0.15, -0.1) is 0 Å². The summed E-state index contributed by atoms with van der Waals surface area (Å²) in [7, 11) is 0. The van der Waals surface area contributed by atoms with Crippen molar-refractivity contribution in [2.45, 2.75) is 6.61 Å². The SMILES string of the molecule is O=C(O)c1c(Cl)c(Cl)c2c(c1-c1ccccc1)-c1ccccc1CO2. The molecular weight excluding hydrogens is 359 g/mol. The van der Waals surface area contributed by atoms with E-state index in [1.807, 2.05) is 54.6 Å². The molecule has 25 heavy (non-hydrogen) atoms. The van der Waals surface area contributed by atoms with Crippen LogP contribution >= 0.6 is 23.2 Å². The van der Waals surface area contributed by atoms with E-state index in [9.17, 15) is 9.90 Å². The van der Waals surface area contributed by atoms with Crippen molar-refractivity contribution in [1.29, 1.82) is 0 Å². The van der Waals surface area contributed by atoms with Gasteiger partial charge in [-0.3, -0.25) is 0 Å². The second-order valence-electron chi connectivity index (χ2n) is 5.70. The first-order valence-corrected chi connectivity index (χ1v) is 8.40. The molecule has 0 saturated carbocycles. The van der Waals surface area contributed by atoms with Crippen LogP contribution in [0.2, 0.25) is 10.0 Å². The lowest BCUT2D eigenvalue weighted by molar-refractivity contribution is 0.0698. The van der Waals surface area contributed by atoms with Crippen LogP contribution in [0.5, 0.6) is 5.75 Å². The van der Waals surface area contributed by atoms with Crippen molar-refractivity contribution in [3.05, 3.63) is 75.8 Å². The van der Waals surface area contributed by atoms with Crippen LogP contribution < -0.4 is 4.74 Å². The second-order valence-corrected chi connectivity index (χ2v) is 6.46. The summed E-state index contributed by atoms with van der Waals surface area (Å²) in [5.41, 5.74) is 3.79. The number of carbonyl (C=O) groups is 1. The van der Waals surface area contributed by atoms with Crippen LogP contribution in [0.1, 0.15) is 15.9 Å². The first-order chi connectivity index (χ1) is 12.1. The Bertz CT molecular complexity index is 998. The van der Waals surface area contributed by atoms with Gasteiger partial charge in [0.15, 0.2) is 0 Å². The molecule has 0 spiro atoms. The number of hydrogen-bond donors (Lipinski definition) is 1. The molecule has 5 heteroatoms. The number of aromatic carboxylic acids is 1. The molecule has 0 aromatic heterocycles. The van der Waals surface area contributed by atoms with Crippen molar-refractivity contribution in [2.75, 3.05) is 0 Å². The molecule has 1 aliphatic rings. The Kier molecular flexibility index (Phi) is 3.91. The van der Waals surface area contributed by atoms with Gasteiger partial charge in [-0.05, 0) is 16.7 Å². The minimum absolute atomic E-state index is 0.00819. The lowest BCUT2D eigenvalue weighted by Crippen LogP contribution is -2.11. The average molecular weight is 371 g/mol. The molecule has 1 N–H and O–H groups in total. The molecule has 0 aliphatic carbocycles. The van der Waals surface area contributed by atoms with E-state index in [0.29, 0.717) is 23.5 Å². The molecule has 0 bridgehead atoms. The van der Waals surface area contributed by atoms with Crippen molar-refractivity contribution >= 4 is 29.2 Å². The normalized spacial score (nSPS) is 12.1. The Morgan fingerprint density at radius 3 is 2.32 bits per heavy atom. The van der Waals surface area contributed by atoms with Gasteiger partial charge in [0.2, 0.25) is 0 Å². The highest BCUT2D eigenvalue weighted by Crippen LogP contribution is 2.52. The minimum atomic E-state index is -1.13. The van der Waals surface area contributed by atoms with Crippen LogP contribution in [-0.4, -0.2) is 11.1 Å². The zero-order chi connectivity index (χ0) is 17.6. The number of carboxylic acid groups (broad SMARTS) is 1. The fraction of sp³-hybridized carbons (Fsp3) is 0.0500. The molecule has 3 aromatic carbocycles. The molecule has 3 aromatic rings. The molecule has 1 aliphatic heterocycles. The van der Waals surface area contributed by atoms with E-state index in [2.05, 4.69) is 0 Å². The topological polar surface area (TPSA) is 46.5 Å².